The molecule has 0 saturated carbocycles. The molecule has 0 fully saturated rings. The zero-order valence-corrected chi connectivity index (χ0v) is 31.8. The third-order valence-corrected chi connectivity index (χ3v) is 14.4. The average molecular weight is 715 g/mol. The van der Waals surface area contributed by atoms with E-state index in [0.717, 1.165) is 28.5 Å². The van der Waals surface area contributed by atoms with Gasteiger partial charge in [-0.05, 0) is 46.8 Å². The molecule has 1 N–H and O–H groups in total. The van der Waals surface area contributed by atoms with Gasteiger partial charge in [0.25, 0.3) is 16.0 Å². The zero-order valence-electron chi connectivity index (χ0n) is 30.0. The van der Waals surface area contributed by atoms with Crippen LogP contribution >= 0.6 is 0 Å². The first-order valence-electron chi connectivity index (χ1n) is 16.9. The largest absolute Gasteiger partial charge is 0.399 e. The summed E-state index contributed by atoms with van der Waals surface area (Å²) in [5, 5.41) is 3.25. The molecule has 0 saturated heterocycles. The van der Waals surface area contributed by atoms with Gasteiger partial charge in [0.1, 0.15) is 12.3 Å². The molecule has 4 rings (SSSR count). The average Bonchev–Trinajstić information content (AvgIpc) is 3.08. The standard InChI is InChI=1S/C40H50N2O6SSi/c1-39(2,3)50(5,6)47-31-42(38(44)36(48-49(4,45)46)30-32-20-11-7-12-21-32)29-19-28-37(43)41-40(33-22-13-8-14-23-33,34-24-15-9-16-25-34)35-26-17-10-18-27-35/h7-18,20-27,36H,19,28-31H2,1-6H3,(H,41,43). The maximum Gasteiger partial charge on any atom is 0.265 e. The van der Waals surface area contributed by atoms with Crippen molar-refractivity contribution in [3.63, 3.8) is 0 Å². The summed E-state index contributed by atoms with van der Waals surface area (Å²) >= 11 is 0. The lowest BCUT2D eigenvalue weighted by molar-refractivity contribution is -0.142. The molecular formula is C40H50N2O6SSi. The Hall–Kier alpha value is -4.09. The van der Waals surface area contributed by atoms with E-state index in [4.69, 9.17) is 8.61 Å². The number of hydrogen-bond donors (Lipinski definition) is 1. The van der Waals surface area contributed by atoms with Crippen LogP contribution in [0.4, 0.5) is 0 Å². The van der Waals surface area contributed by atoms with Gasteiger partial charge in [-0.15, -0.1) is 0 Å². The van der Waals surface area contributed by atoms with Crippen molar-refractivity contribution in [1.82, 2.24) is 10.2 Å². The van der Waals surface area contributed by atoms with E-state index in [1.54, 1.807) is 0 Å². The maximum absolute atomic E-state index is 14.1. The number of benzene rings is 4. The van der Waals surface area contributed by atoms with Crippen molar-refractivity contribution >= 4 is 30.2 Å². The lowest BCUT2D eigenvalue weighted by atomic mass is 9.77. The molecule has 8 nitrogen and oxygen atoms in total. The van der Waals surface area contributed by atoms with Gasteiger partial charge in [-0.2, -0.15) is 8.42 Å². The number of carbonyl (C=O) groups is 2. The van der Waals surface area contributed by atoms with Crippen molar-refractivity contribution in [2.75, 3.05) is 19.5 Å². The number of nitrogens with one attached hydrogen (secondary N) is 1. The molecule has 4 aromatic rings. The van der Waals surface area contributed by atoms with Crippen LogP contribution < -0.4 is 5.32 Å². The molecule has 0 aliphatic carbocycles. The third kappa shape index (κ3) is 10.2. The fraction of sp³-hybridized carbons (Fsp3) is 0.350. The summed E-state index contributed by atoms with van der Waals surface area (Å²) in [6.07, 6.45) is 0.138. The van der Waals surface area contributed by atoms with Crippen LogP contribution in [0.3, 0.4) is 0 Å². The Kier molecular flexibility index (Phi) is 13.0. The summed E-state index contributed by atoms with van der Waals surface area (Å²) in [6.45, 7) is 10.6. The van der Waals surface area contributed by atoms with Gasteiger partial charge in [0.2, 0.25) is 5.91 Å². The Morgan fingerprint density at radius 1 is 0.760 bits per heavy atom. The Bertz CT molecular complexity index is 1680. The van der Waals surface area contributed by atoms with E-state index in [1.807, 2.05) is 121 Å². The van der Waals surface area contributed by atoms with Gasteiger partial charge in [0.05, 0.1) is 6.26 Å². The van der Waals surface area contributed by atoms with Crippen molar-refractivity contribution in [3.05, 3.63) is 144 Å². The van der Waals surface area contributed by atoms with Gasteiger partial charge in [0.15, 0.2) is 14.4 Å². The number of hydrogen-bond acceptors (Lipinski definition) is 6. The fourth-order valence-electron chi connectivity index (χ4n) is 5.58. The normalized spacial score (nSPS) is 13.0. The SMILES string of the molecule is CC(C)(C)[Si](C)(C)OCN(CCCC(=O)NC(c1ccccc1)(c1ccccc1)c1ccccc1)C(=O)C(Cc1ccccc1)OS(C)(=O)=O. The van der Waals surface area contributed by atoms with E-state index >= 15 is 0 Å². The summed E-state index contributed by atoms with van der Waals surface area (Å²) in [4.78, 5) is 29.6. The molecule has 0 aromatic heterocycles. The highest BCUT2D eigenvalue weighted by atomic mass is 32.2. The van der Waals surface area contributed by atoms with E-state index in [0.29, 0.717) is 6.42 Å². The molecule has 50 heavy (non-hydrogen) atoms. The molecule has 0 aliphatic heterocycles. The number of carbonyl (C=O) groups excluding carboxylic acids is 2. The first-order valence-corrected chi connectivity index (χ1v) is 21.7. The first-order chi connectivity index (χ1) is 23.6. The second kappa shape index (κ2) is 16.7. The second-order valence-electron chi connectivity index (χ2n) is 14.1. The summed E-state index contributed by atoms with van der Waals surface area (Å²) < 4.78 is 36.5. The topological polar surface area (TPSA) is 102 Å². The van der Waals surface area contributed by atoms with Gasteiger partial charge in [0, 0.05) is 19.4 Å². The Morgan fingerprint density at radius 2 is 1.20 bits per heavy atom. The summed E-state index contributed by atoms with van der Waals surface area (Å²) in [5.74, 6) is -0.710. The van der Waals surface area contributed by atoms with Gasteiger partial charge in [-0.1, -0.05) is 142 Å². The highest BCUT2D eigenvalue weighted by molar-refractivity contribution is 7.86. The minimum atomic E-state index is -3.97. The molecule has 10 heteroatoms. The minimum absolute atomic E-state index is 0.0443. The van der Waals surface area contributed by atoms with Gasteiger partial charge in [-0.25, -0.2) is 0 Å². The fourth-order valence-corrected chi connectivity index (χ4v) is 7.07. The quantitative estimate of drug-likeness (QED) is 0.0567. The Balaban J connectivity index is 1.61. The monoisotopic (exact) mass is 714 g/mol. The van der Waals surface area contributed by atoms with Crippen LogP contribution in [0.25, 0.3) is 0 Å². The molecule has 0 aliphatic rings. The molecule has 2 amide bonds. The van der Waals surface area contributed by atoms with Crippen LogP contribution in [0.1, 0.15) is 55.9 Å². The van der Waals surface area contributed by atoms with Crippen LogP contribution in [0.5, 0.6) is 0 Å². The van der Waals surface area contributed by atoms with Crippen molar-refractivity contribution in [2.24, 2.45) is 0 Å². The molecular weight excluding hydrogens is 665 g/mol. The Labute approximate surface area is 299 Å². The summed E-state index contributed by atoms with van der Waals surface area (Å²) in [7, 11) is -6.27. The maximum atomic E-state index is 14.1. The van der Waals surface area contributed by atoms with Crippen molar-refractivity contribution in [1.29, 1.82) is 0 Å². The molecule has 266 valence electrons. The van der Waals surface area contributed by atoms with Crippen LogP contribution in [0.15, 0.2) is 121 Å². The van der Waals surface area contributed by atoms with Crippen LogP contribution in [0.2, 0.25) is 18.1 Å². The second-order valence-corrected chi connectivity index (χ2v) is 20.5. The van der Waals surface area contributed by atoms with Gasteiger partial charge in [-0.3, -0.25) is 13.8 Å². The molecule has 1 atom stereocenters. The van der Waals surface area contributed by atoms with Crippen molar-refractivity contribution < 1.29 is 26.6 Å². The predicted molar refractivity (Wildman–Crippen MR) is 201 cm³/mol. The van der Waals surface area contributed by atoms with Crippen LogP contribution in [-0.4, -0.2) is 59.1 Å². The van der Waals surface area contributed by atoms with Crippen molar-refractivity contribution in [3.8, 4) is 0 Å². The Morgan fingerprint density at radius 3 is 1.62 bits per heavy atom. The zero-order chi connectivity index (χ0) is 36.4. The minimum Gasteiger partial charge on any atom is -0.399 e. The lowest BCUT2D eigenvalue weighted by Crippen LogP contribution is -2.49. The molecule has 0 radical (unpaired) electrons. The van der Waals surface area contributed by atoms with Gasteiger partial charge >= 0.3 is 0 Å². The van der Waals surface area contributed by atoms with Crippen molar-refractivity contribution in [2.45, 2.75) is 69.8 Å². The smallest absolute Gasteiger partial charge is 0.265 e. The van der Waals surface area contributed by atoms with E-state index in [1.165, 1.54) is 4.90 Å². The highest BCUT2D eigenvalue weighted by Crippen LogP contribution is 2.38. The molecule has 1 unspecified atom stereocenters. The van der Waals surface area contributed by atoms with Gasteiger partial charge < -0.3 is 14.6 Å². The number of rotatable bonds is 16. The van der Waals surface area contributed by atoms with E-state index in [2.05, 4.69) is 39.2 Å². The number of amides is 2. The van der Waals surface area contributed by atoms with E-state index in [9.17, 15) is 18.0 Å². The summed E-state index contributed by atoms with van der Waals surface area (Å²) in [6, 6.07) is 38.8. The third-order valence-electron chi connectivity index (χ3n) is 9.31. The molecule has 0 spiro atoms. The predicted octanol–water partition coefficient (Wildman–Crippen LogP) is 7.27. The van der Waals surface area contributed by atoms with Crippen LogP contribution in [-0.2, 0) is 40.3 Å². The lowest BCUT2D eigenvalue weighted by Gasteiger charge is -2.38. The molecule has 0 bridgehead atoms. The van der Waals surface area contributed by atoms with Crippen LogP contribution in [0, 0.1) is 0 Å². The first kappa shape index (κ1) is 38.7. The molecule has 0 heterocycles. The van der Waals surface area contributed by atoms with E-state index in [-0.39, 0.29) is 37.1 Å². The molecule has 4 aromatic carbocycles. The number of nitrogens with zero attached hydrogens (tertiary/aromatic N) is 1. The van der Waals surface area contributed by atoms with E-state index < -0.39 is 36.0 Å². The highest BCUT2D eigenvalue weighted by Gasteiger charge is 2.40. The summed E-state index contributed by atoms with van der Waals surface area (Å²) in [5.41, 5.74) is 2.52.